The van der Waals surface area contributed by atoms with Crippen molar-refractivity contribution in [3.63, 3.8) is 0 Å². The number of allylic oxidation sites excluding steroid dienone is 2. The second kappa shape index (κ2) is 5.91. The number of benzene rings is 1. The number of H-pyrrole nitrogens is 1. The summed E-state index contributed by atoms with van der Waals surface area (Å²) in [5.74, 6) is 0.168. The lowest BCUT2D eigenvalue weighted by Gasteiger charge is -2.19. The number of aromatic nitrogens is 4. The minimum absolute atomic E-state index is 0.00574. The van der Waals surface area contributed by atoms with Crippen LogP contribution in [-0.4, -0.2) is 29.0 Å². The molecule has 1 aliphatic rings. The SMILES string of the molecule is N#CC1CC=C(c2cccc(S(N)(=O)=O)c2-c2nn[nH]n2)CC1. The fourth-order valence-electron chi connectivity index (χ4n) is 2.73. The number of primary sulfonamides is 1. The van der Waals surface area contributed by atoms with Gasteiger partial charge in [-0.15, -0.1) is 10.2 Å². The van der Waals surface area contributed by atoms with Crippen LogP contribution < -0.4 is 5.14 Å². The molecule has 1 heterocycles. The van der Waals surface area contributed by atoms with E-state index >= 15 is 0 Å². The summed E-state index contributed by atoms with van der Waals surface area (Å²) in [6.45, 7) is 0. The molecule has 9 heteroatoms. The van der Waals surface area contributed by atoms with Gasteiger partial charge in [0.05, 0.1) is 22.4 Å². The van der Waals surface area contributed by atoms with E-state index < -0.39 is 10.0 Å². The third kappa shape index (κ3) is 2.99. The summed E-state index contributed by atoms with van der Waals surface area (Å²) in [7, 11) is -3.94. The first-order chi connectivity index (χ1) is 11.0. The van der Waals surface area contributed by atoms with Gasteiger partial charge in [0.15, 0.2) is 0 Å². The maximum absolute atomic E-state index is 11.9. The van der Waals surface area contributed by atoms with Crippen molar-refractivity contribution < 1.29 is 8.42 Å². The second-order valence-electron chi connectivity index (χ2n) is 5.29. The van der Waals surface area contributed by atoms with Gasteiger partial charge in [0.1, 0.15) is 0 Å². The summed E-state index contributed by atoms with van der Waals surface area (Å²) in [6, 6.07) is 7.12. The number of hydrogen-bond donors (Lipinski definition) is 2. The Labute approximate surface area is 133 Å². The van der Waals surface area contributed by atoms with Gasteiger partial charge >= 0.3 is 0 Å². The molecule has 3 N–H and O–H groups in total. The normalized spacial score (nSPS) is 18.3. The molecule has 1 aromatic carbocycles. The molecule has 0 radical (unpaired) electrons. The van der Waals surface area contributed by atoms with E-state index in [-0.39, 0.29) is 16.6 Å². The van der Waals surface area contributed by atoms with E-state index in [0.29, 0.717) is 24.0 Å². The second-order valence-corrected chi connectivity index (χ2v) is 6.82. The largest absolute Gasteiger partial charge is 0.238 e. The quantitative estimate of drug-likeness (QED) is 0.867. The first-order valence-corrected chi connectivity index (χ1v) is 8.54. The predicted molar refractivity (Wildman–Crippen MR) is 81.9 cm³/mol. The Kier molecular flexibility index (Phi) is 3.94. The van der Waals surface area contributed by atoms with Crippen molar-refractivity contribution in [1.29, 1.82) is 5.26 Å². The van der Waals surface area contributed by atoms with Crippen LogP contribution in [0.4, 0.5) is 0 Å². The third-order valence-corrected chi connectivity index (χ3v) is 4.79. The zero-order valence-corrected chi connectivity index (χ0v) is 12.9. The number of nitrogens with zero attached hydrogens (tertiary/aromatic N) is 4. The van der Waals surface area contributed by atoms with E-state index in [1.54, 1.807) is 12.1 Å². The van der Waals surface area contributed by atoms with Crippen molar-refractivity contribution >= 4 is 15.6 Å². The number of tetrazole rings is 1. The van der Waals surface area contributed by atoms with E-state index in [1.165, 1.54) is 6.07 Å². The number of nitrogens with one attached hydrogen (secondary N) is 1. The molecule has 1 aromatic heterocycles. The van der Waals surface area contributed by atoms with Crippen molar-refractivity contribution in [3.8, 4) is 17.5 Å². The fourth-order valence-corrected chi connectivity index (χ4v) is 3.48. The van der Waals surface area contributed by atoms with Gasteiger partial charge in [-0.25, -0.2) is 13.6 Å². The lowest BCUT2D eigenvalue weighted by Crippen LogP contribution is -2.15. The minimum Gasteiger partial charge on any atom is -0.225 e. The van der Waals surface area contributed by atoms with Crippen LogP contribution >= 0.6 is 0 Å². The van der Waals surface area contributed by atoms with E-state index in [9.17, 15) is 8.42 Å². The molecule has 0 aliphatic heterocycles. The van der Waals surface area contributed by atoms with Crippen molar-refractivity contribution in [2.45, 2.75) is 24.2 Å². The number of rotatable bonds is 3. The fraction of sp³-hybridized carbons (Fsp3) is 0.286. The van der Waals surface area contributed by atoms with Crippen molar-refractivity contribution in [2.75, 3.05) is 0 Å². The van der Waals surface area contributed by atoms with E-state index in [1.807, 2.05) is 6.08 Å². The number of hydrogen-bond acceptors (Lipinski definition) is 6. The number of aromatic amines is 1. The molecule has 0 bridgehead atoms. The highest BCUT2D eigenvalue weighted by atomic mass is 32.2. The van der Waals surface area contributed by atoms with Crippen molar-refractivity contribution in [1.82, 2.24) is 20.6 Å². The Hall–Kier alpha value is -2.57. The molecule has 1 unspecified atom stereocenters. The van der Waals surface area contributed by atoms with Gasteiger partial charge in [-0.05, 0) is 41.7 Å². The minimum atomic E-state index is -3.94. The smallest absolute Gasteiger partial charge is 0.225 e. The van der Waals surface area contributed by atoms with E-state index in [4.69, 9.17) is 10.4 Å². The van der Waals surface area contributed by atoms with Gasteiger partial charge in [0.2, 0.25) is 15.8 Å². The van der Waals surface area contributed by atoms with Crippen molar-refractivity contribution in [3.05, 3.63) is 29.8 Å². The van der Waals surface area contributed by atoms with Crippen LogP contribution in [0.25, 0.3) is 17.0 Å². The van der Waals surface area contributed by atoms with E-state index in [0.717, 1.165) is 12.0 Å². The number of nitrogens with two attached hydrogens (primary N) is 1. The monoisotopic (exact) mass is 330 g/mol. The summed E-state index contributed by atoms with van der Waals surface area (Å²) >= 11 is 0. The summed E-state index contributed by atoms with van der Waals surface area (Å²) in [5.41, 5.74) is 2.00. The molecular formula is C14H14N6O2S. The Balaban J connectivity index is 2.19. The summed E-state index contributed by atoms with van der Waals surface area (Å²) in [4.78, 5) is -0.0419. The van der Waals surface area contributed by atoms with E-state index in [2.05, 4.69) is 26.7 Å². The average Bonchev–Trinajstić information content (AvgIpc) is 3.07. The van der Waals surface area contributed by atoms with Gasteiger partial charge in [-0.3, -0.25) is 0 Å². The molecule has 1 atom stereocenters. The number of nitriles is 1. The zero-order valence-electron chi connectivity index (χ0n) is 12.1. The first-order valence-electron chi connectivity index (χ1n) is 6.99. The zero-order chi connectivity index (χ0) is 16.4. The average molecular weight is 330 g/mol. The highest BCUT2D eigenvalue weighted by Crippen LogP contribution is 2.37. The molecule has 0 amide bonds. The third-order valence-electron chi connectivity index (χ3n) is 3.84. The lowest BCUT2D eigenvalue weighted by molar-refractivity contribution is 0.597. The molecule has 0 saturated heterocycles. The van der Waals surface area contributed by atoms with Crippen LogP contribution in [0, 0.1) is 17.2 Å². The van der Waals surface area contributed by atoms with Gasteiger partial charge < -0.3 is 0 Å². The topological polar surface area (TPSA) is 138 Å². The molecular weight excluding hydrogens is 316 g/mol. The van der Waals surface area contributed by atoms with Crippen LogP contribution in [0.15, 0.2) is 29.2 Å². The van der Waals surface area contributed by atoms with Gasteiger partial charge in [-0.2, -0.15) is 10.5 Å². The molecule has 0 saturated carbocycles. The van der Waals surface area contributed by atoms with Crippen molar-refractivity contribution in [2.24, 2.45) is 11.1 Å². The molecule has 8 nitrogen and oxygen atoms in total. The predicted octanol–water partition coefficient (Wildman–Crippen LogP) is 1.22. The van der Waals surface area contributed by atoms with Crippen LogP contribution in [0.3, 0.4) is 0 Å². The molecule has 2 aromatic rings. The van der Waals surface area contributed by atoms with Crippen LogP contribution in [0.1, 0.15) is 24.8 Å². The van der Waals surface area contributed by atoms with Gasteiger partial charge in [-0.1, -0.05) is 18.2 Å². The lowest BCUT2D eigenvalue weighted by atomic mass is 9.85. The molecule has 0 fully saturated rings. The summed E-state index contributed by atoms with van der Waals surface area (Å²) < 4.78 is 23.8. The summed E-state index contributed by atoms with van der Waals surface area (Å²) in [6.07, 6.45) is 4.01. The summed E-state index contributed by atoms with van der Waals surface area (Å²) in [5, 5.41) is 27.9. The Morgan fingerprint density at radius 3 is 2.78 bits per heavy atom. The first kappa shape index (κ1) is 15.3. The molecule has 118 valence electrons. The highest BCUT2D eigenvalue weighted by molar-refractivity contribution is 7.89. The maximum Gasteiger partial charge on any atom is 0.238 e. The Morgan fingerprint density at radius 1 is 1.39 bits per heavy atom. The van der Waals surface area contributed by atoms with Crippen LogP contribution in [0.5, 0.6) is 0 Å². The van der Waals surface area contributed by atoms with Crippen LogP contribution in [0.2, 0.25) is 0 Å². The number of sulfonamides is 1. The van der Waals surface area contributed by atoms with Gasteiger partial charge in [0.25, 0.3) is 0 Å². The molecule has 23 heavy (non-hydrogen) atoms. The standard InChI is InChI=1S/C14H14N6O2S/c15-8-9-4-6-10(7-5-9)11-2-1-3-12(23(16,21)22)13(11)14-17-19-20-18-14/h1-3,6,9H,4-5,7H2,(H2,16,21,22)(H,17,18,19,20). The van der Waals surface area contributed by atoms with Crippen LogP contribution in [-0.2, 0) is 10.0 Å². The molecule has 3 rings (SSSR count). The maximum atomic E-state index is 11.9. The highest BCUT2D eigenvalue weighted by Gasteiger charge is 2.24. The molecule has 0 spiro atoms. The molecule has 1 aliphatic carbocycles. The van der Waals surface area contributed by atoms with Gasteiger partial charge in [0, 0.05) is 0 Å². The Morgan fingerprint density at radius 2 is 2.22 bits per heavy atom. The Bertz CT molecular complexity index is 896.